The summed E-state index contributed by atoms with van der Waals surface area (Å²) in [6, 6.07) is -0.840. The highest BCUT2D eigenvalue weighted by Crippen LogP contribution is 2.53. The molecule has 170 valence electrons. The van der Waals surface area contributed by atoms with Gasteiger partial charge >= 0.3 is 5.97 Å². The molecule has 0 aromatic rings. The van der Waals surface area contributed by atoms with Crippen molar-refractivity contribution in [1.29, 1.82) is 0 Å². The quantitative estimate of drug-likeness (QED) is 0.383. The summed E-state index contributed by atoms with van der Waals surface area (Å²) < 4.78 is 11.9. The van der Waals surface area contributed by atoms with E-state index in [0.717, 1.165) is 6.42 Å². The SMILES string of the molecule is CC(C)N1CC=C[C@]23O[C@@H]4C=CCCOC(=O)[C@@H]4[C@H]2C(=O)N(CCCCCO)C3C1=O. The van der Waals surface area contributed by atoms with E-state index in [2.05, 4.69) is 0 Å². The molecular weight excluding hydrogens is 400 g/mol. The fraction of sp³-hybridized carbons (Fsp3) is 0.696. The van der Waals surface area contributed by atoms with Crippen molar-refractivity contribution in [2.45, 2.75) is 63.3 Å². The van der Waals surface area contributed by atoms with Gasteiger partial charge < -0.3 is 24.4 Å². The molecule has 4 aliphatic rings. The monoisotopic (exact) mass is 432 g/mol. The minimum absolute atomic E-state index is 0.0300. The number of aliphatic hydroxyl groups is 1. The van der Waals surface area contributed by atoms with Gasteiger partial charge in [0.15, 0.2) is 0 Å². The Bertz CT molecular complexity index is 793. The van der Waals surface area contributed by atoms with Crippen LogP contribution in [0, 0.1) is 11.8 Å². The molecule has 4 rings (SSSR count). The topological polar surface area (TPSA) is 96.4 Å². The zero-order chi connectivity index (χ0) is 22.2. The number of hydrogen-bond acceptors (Lipinski definition) is 6. The number of carbonyl (C=O) groups excluding carboxylic acids is 3. The highest BCUT2D eigenvalue weighted by Gasteiger charge is 2.71. The lowest BCUT2D eigenvalue weighted by Gasteiger charge is -2.36. The molecule has 31 heavy (non-hydrogen) atoms. The van der Waals surface area contributed by atoms with E-state index >= 15 is 0 Å². The van der Waals surface area contributed by atoms with Crippen molar-refractivity contribution >= 4 is 17.8 Å². The van der Waals surface area contributed by atoms with Crippen LogP contribution in [0.1, 0.15) is 39.5 Å². The summed E-state index contributed by atoms with van der Waals surface area (Å²) in [6.45, 7) is 5.10. The van der Waals surface area contributed by atoms with Crippen LogP contribution < -0.4 is 0 Å². The molecule has 0 aromatic carbocycles. The van der Waals surface area contributed by atoms with Crippen molar-refractivity contribution in [3.8, 4) is 0 Å². The molecule has 0 bridgehead atoms. The van der Waals surface area contributed by atoms with Gasteiger partial charge in [-0.3, -0.25) is 14.4 Å². The van der Waals surface area contributed by atoms with Gasteiger partial charge in [-0.2, -0.15) is 0 Å². The third kappa shape index (κ3) is 3.59. The van der Waals surface area contributed by atoms with Crippen molar-refractivity contribution in [2.75, 3.05) is 26.3 Å². The Hall–Kier alpha value is -2.19. The number of amides is 2. The number of rotatable bonds is 6. The molecular formula is C23H32N2O6. The fourth-order valence-corrected chi connectivity index (χ4v) is 5.40. The predicted octanol–water partition coefficient (Wildman–Crippen LogP) is 1.04. The van der Waals surface area contributed by atoms with Crippen LogP contribution >= 0.6 is 0 Å². The molecule has 2 amide bonds. The Labute approximate surface area is 182 Å². The van der Waals surface area contributed by atoms with Gasteiger partial charge in [0.1, 0.15) is 17.6 Å². The fourth-order valence-electron chi connectivity index (χ4n) is 5.40. The number of unbranched alkanes of at least 4 members (excludes halogenated alkanes) is 2. The van der Waals surface area contributed by atoms with Crippen LogP contribution in [-0.2, 0) is 23.9 Å². The maximum Gasteiger partial charge on any atom is 0.312 e. The second-order valence-electron chi connectivity index (χ2n) is 9.03. The number of nitrogens with zero attached hydrogens (tertiary/aromatic N) is 2. The summed E-state index contributed by atoms with van der Waals surface area (Å²) in [6.07, 6.45) is 9.56. The molecule has 8 heteroatoms. The molecule has 0 radical (unpaired) electrons. The Morgan fingerprint density at radius 1 is 1.16 bits per heavy atom. The lowest BCUT2D eigenvalue weighted by molar-refractivity contribution is -0.155. The summed E-state index contributed by atoms with van der Waals surface area (Å²) in [7, 11) is 0. The van der Waals surface area contributed by atoms with Crippen LogP contribution in [0.5, 0.6) is 0 Å². The summed E-state index contributed by atoms with van der Waals surface area (Å²) in [4.78, 5) is 43.7. The van der Waals surface area contributed by atoms with E-state index in [-0.39, 0.29) is 31.1 Å². The summed E-state index contributed by atoms with van der Waals surface area (Å²) in [5, 5.41) is 9.08. The van der Waals surface area contributed by atoms with Crippen molar-refractivity contribution in [1.82, 2.24) is 9.80 Å². The van der Waals surface area contributed by atoms with E-state index < -0.39 is 35.6 Å². The largest absolute Gasteiger partial charge is 0.465 e. The Morgan fingerprint density at radius 2 is 1.97 bits per heavy atom. The standard InChI is InChI=1S/C23H32N2O6/c1-15(2)24-12-8-10-23-18(17-16(31-23)9-4-7-14-30-22(17)29)20(27)25(19(23)21(24)28)11-5-3-6-13-26/h4,8-10,15-19,26H,3,5-7,11-14H2,1-2H3/t16-,17+,18+,19?,23+/m1/s1. The number of ether oxygens (including phenoxy) is 2. The van der Waals surface area contributed by atoms with Crippen molar-refractivity contribution in [2.24, 2.45) is 11.8 Å². The maximum absolute atomic E-state index is 13.7. The van der Waals surface area contributed by atoms with Crippen molar-refractivity contribution < 1.29 is 29.0 Å². The van der Waals surface area contributed by atoms with E-state index in [4.69, 9.17) is 14.6 Å². The number of cyclic esters (lactones) is 1. The van der Waals surface area contributed by atoms with Gasteiger partial charge in [-0.15, -0.1) is 0 Å². The molecule has 4 heterocycles. The molecule has 0 aromatic heterocycles. The second kappa shape index (κ2) is 8.74. The highest BCUT2D eigenvalue weighted by atomic mass is 16.6. The molecule has 2 saturated heterocycles. The van der Waals surface area contributed by atoms with Gasteiger partial charge in [-0.05, 0) is 39.5 Å². The normalized spacial score (nSPS) is 34.9. The average molecular weight is 433 g/mol. The molecule has 0 saturated carbocycles. The number of esters is 1. The van der Waals surface area contributed by atoms with E-state index in [1.807, 2.05) is 38.2 Å². The average Bonchev–Trinajstić information content (AvgIpc) is 3.09. The van der Waals surface area contributed by atoms with Crippen LogP contribution in [0.15, 0.2) is 24.3 Å². The Kier molecular flexibility index (Phi) is 6.21. The first kappa shape index (κ1) is 22.0. The number of carbonyl (C=O) groups is 3. The molecule has 2 fully saturated rings. The first-order valence-corrected chi connectivity index (χ1v) is 11.3. The first-order valence-electron chi connectivity index (χ1n) is 11.3. The second-order valence-corrected chi connectivity index (χ2v) is 9.03. The third-order valence-electron chi connectivity index (χ3n) is 6.83. The minimum atomic E-state index is -1.18. The van der Waals surface area contributed by atoms with Crippen LogP contribution in [0.4, 0.5) is 0 Å². The lowest BCUT2D eigenvalue weighted by atomic mass is 9.77. The zero-order valence-corrected chi connectivity index (χ0v) is 18.2. The highest BCUT2D eigenvalue weighted by molar-refractivity contribution is 5.99. The van der Waals surface area contributed by atoms with E-state index in [9.17, 15) is 14.4 Å². The van der Waals surface area contributed by atoms with Crippen molar-refractivity contribution in [3.63, 3.8) is 0 Å². The van der Waals surface area contributed by atoms with Gasteiger partial charge in [0.05, 0.1) is 18.6 Å². The molecule has 4 aliphatic heterocycles. The van der Waals surface area contributed by atoms with Crippen LogP contribution in [0.3, 0.4) is 0 Å². The maximum atomic E-state index is 13.7. The molecule has 8 nitrogen and oxygen atoms in total. The van der Waals surface area contributed by atoms with E-state index in [1.165, 1.54) is 0 Å². The Morgan fingerprint density at radius 3 is 2.71 bits per heavy atom. The number of hydrogen-bond donors (Lipinski definition) is 1. The molecule has 1 unspecified atom stereocenters. The number of aliphatic hydroxyl groups excluding tert-OH is 1. The van der Waals surface area contributed by atoms with Gasteiger partial charge in [-0.25, -0.2) is 0 Å². The predicted molar refractivity (Wildman–Crippen MR) is 112 cm³/mol. The lowest BCUT2D eigenvalue weighted by Crippen LogP contribution is -2.56. The summed E-state index contributed by atoms with van der Waals surface area (Å²) in [5.41, 5.74) is -1.18. The minimum Gasteiger partial charge on any atom is -0.465 e. The van der Waals surface area contributed by atoms with Crippen LogP contribution in [0.25, 0.3) is 0 Å². The van der Waals surface area contributed by atoms with E-state index in [0.29, 0.717) is 32.4 Å². The summed E-state index contributed by atoms with van der Waals surface area (Å²) >= 11 is 0. The smallest absolute Gasteiger partial charge is 0.312 e. The number of fused-ring (bicyclic) bond motifs is 2. The molecule has 1 spiro atoms. The first-order chi connectivity index (χ1) is 14.9. The summed E-state index contributed by atoms with van der Waals surface area (Å²) in [5.74, 6) is -2.36. The van der Waals surface area contributed by atoms with Gasteiger partial charge in [0.2, 0.25) is 11.8 Å². The zero-order valence-electron chi connectivity index (χ0n) is 18.2. The third-order valence-corrected chi connectivity index (χ3v) is 6.83. The van der Waals surface area contributed by atoms with Crippen LogP contribution in [0.2, 0.25) is 0 Å². The Balaban J connectivity index is 1.75. The molecule has 5 atom stereocenters. The molecule has 1 N–H and O–H groups in total. The van der Waals surface area contributed by atoms with Crippen molar-refractivity contribution in [3.05, 3.63) is 24.3 Å². The van der Waals surface area contributed by atoms with Crippen LogP contribution in [-0.4, -0.2) is 82.8 Å². The van der Waals surface area contributed by atoms with Gasteiger partial charge in [0, 0.05) is 25.7 Å². The molecule has 0 aliphatic carbocycles. The van der Waals surface area contributed by atoms with E-state index in [1.54, 1.807) is 9.80 Å². The number of likely N-dealkylation sites (tertiary alicyclic amines) is 1. The van der Waals surface area contributed by atoms with Gasteiger partial charge in [0.25, 0.3) is 0 Å². The van der Waals surface area contributed by atoms with Gasteiger partial charge in [-0.1, -0.05) is 24.3 Å².